The SMILES string of the molecule is Cn1cc(CN2CCCCC2)c2ccc(N)cc21. The van der Waals surface area contributed by atoms with E-state index in [0.29, 0.717) is 0 Å². The summed E-state index contributed by atoms with van der Waals surface area (Å²) in [5.74, 6) is 0. The molecule has 0 saturated carbocycles. The second-order valence-corrected chi connectivity index (χ2v) is 5.38. The number of nitrogens with zero attached hydrogens (tertiary/aromatic N) is 2. The van der Waals surface area contributed by atoms with Crippen LogP contribution < -0.4 is 5.73 Å². The van der Waals surface area contributed by atoms with Gasteiger partial charge in [-0.05, 0) is 43.6 Å². The van der Waals surface area contributed by atoms with Gasteiger partial charge < -0.3 is 10.3 Å². The fourth-order valence-corrected chi connectivity index (χ4v) is 2.97. The minimum atomic E-state index is 0.841. The molecular weight excluding hydrogens is 222 g/mol. The van der Waals surface area contributed by atoms with Crippen molar-refractivity contribution in [3.05, 3.63) is 30.0 Å². The Morgan fingerprint density at radius 3 is 2.72 bits per heavy atom. The molecule has 3 heteroatoms. The van der Waals surface area contributed by atoms with Crippen LogP contribution in [0, 0.1) is 0 Å². The zero-order valence-electron chi connectivity index (χ0n) is 11.0. The maximum atomic E-state index is 5.86. The molecule has 3 nitrogen and oxygen atoms in total. The van der Waals surface area contributed by atoms with Crippen LogP contribution >= 0.6 is 0 Å². The van der Waals surface area contributed by atoms with Crippen LogP contribution in [0.5, 0.6) is 0 Å². The predicted molar refractivity (Wildman–Crippen MR) is 76.5 cm³/mol. The van der Waals surface area contributed by atoms with Crippen molar-refractivity contribution >= 4 is 16.6 Å². The number of nitrogens with two attached hydrogens (primary N) is 1. The fraction of sp³-hybridized carbons (Fsp3) is 0.467. The number of rotatable bonds is 2. The van der Waals surface area contributed by atoms with Gasteiger partial charge in [0.05, 0.1) is 5.52 Å². The Morgan fingerprint density at radius 1 is 1.17 bits per heavy atom. The number of fused-ring (bicyclic) bond motifs is 1. The normalized spacial score (nSPS) is 17.4. The van der Waals surface area contributed by atoms with Crippen LogP contribution in [0.15, 0.2) is 24.4 Å². The number of hydrogen-bond donors (Lipinski definition) is 1. The van der Waals surface area contributed by atoms with E-state index in [0.717, 1.165) is 12.2 Å². The molecule has 0 spiro atoms. The van der Waals surface area contributed by atoms with Gasteiger partial charge in [-0.15, -0.1) is 0 Å². The third-order valence-electron chi connectivity index (χ3n) is 3.94. The molecule has 1 aromatic carbocycles. The summed E-state index contributed by atoms with van der Waals surface area (Å²) in [6.45, 7) is 3.55. The van der Waals surface area contributed by atoms with E-state index in [2.05, 4.69) is 34.8 Å². The topological polar surface area (TPSA) is 34.2 Å². The summed E-state index contributed by atoms with van der Waals surface area (Å²) in [4.78, 5) is 2.56. The lowest BCUT2D eigenvalue weighted by atomic mass is 10.1. The molecule has 2 N–H and O–H groups in total. The molecule has 1 aliphatic rings. The quantitative estimate of drug-likeness (QED) is 0.823. The summed E-state index contributed by atoms with van der Waals surface area (Å²) >= 11 is 0. The molecule has 0 aliphatic carbocycles. The minimum absolute atomic E-state index is 0.841. The van der Waals surface area contributed by atoms with Gasteiger partial charge in [0.1, 0.15) is 0 Å². The zero-order chi connectivity index (χ0) is 12.5. The van der Waals surface area contributed by atoms with Crippen LogP contribution in [-0.2, 0) is 13.6 Å². The number of piperidine rings is 1. The molecule has 0 unspecified atom stereocenters. The third-order valence-corrected chi connectivity index (χ3v) is 3.94. The lowest BCUT2D eigenvalue weighted by Crippen LogP contribution is -2.28. The van der Waals surface area contributed by atoms with E-state index in [9.17, 15) is 0 Å². The highest BCUT2D eigenvalue weighted by Crippen LogP contribution is 2.25. The van der Waals surface area contributed by atoms with Gasteiger partial charge in [0.25, 0.3) is 0 Å². The van der Waals surface area contributed by atoms with Crippen molar-refractivity contribution in [2.24, 2.45) is 7.05 Å². The van der Waals surface area contributed by atoms with Gasteiger partial charge in [-0.1, -0.05) is 12.5 Å². The number of benzene rings is 1. The van der Waals surface area contributed by atoms with Gasteiger partial charge in [-0.25, -0.2) is 0 Å². The standard InChI is InChI=1S/C15H21N3/c1-17-10-12(11-18-7-3-2-4-8-18)14-6-5-13(16)9-15(14)17/h5-6,9-10H,2-4,7-8,11,16H2,1H3. The average Bonchev–Trinajstić information content (AvgIpc) is 2.67. The van der Waals surface area contributed by atoms with Gasteiger partial charge in [0.2, 0.25) is 0 Å². The molecule has 1 aliphatic heterocycles. The molecule has 0 amide bonds. The third kappa shape index (κ3) is 2.10. The Kier molecular flexibility index (Phi) is 3.00. The molecule has 1 aromatic heterocycles. The highest BCUT2D eigenvalue weighted by Gasteiger charge is 2.13. The fourth-order valence-electron chi connectivity index (χ4n) is 2.97. The monoisotopic (exact) mass is 243 g/mol. The van der Waals surface area contributed by atoms with E-state index < -0.39 is 0 Å². The number of anilines is 1. The second-order valence-electron chi connectivity index (χ2n) is 5.38. The summed E-state index contributed by atoms with van der Waals surface area (Å²) in [6, 6.07) is 6.22. The first-order valence-electron chi connectivity index (χ1n) is 6.80. The molecule has 1 saturated heterocycles. The molecule has 3 rings (SSSR count). The Morgan fingerprint density at radius 2 is 1.94 bits per heavy atom. The molecule has 2 heterocycles. The van der Waals surface area contributed by atoms with E-state index >= 15 is 0 Å². The first-order valence-corrected chi connectivity index (χ1v) is 6.80. The second kappa shape index (κ2) is 4.65. The first-order chi connectivity index (χ1) is 8.74. The Hall–Kier alpha value is -1.48. The van der Waals surface area contributed by atoms with Crippen molar-refractivity contribution in [3.8, 4) is 0 Å². The van der Waals surface area contributed by atoms with Crippen molar-refractivity contribution < 1.29 is 0 Å². The van der Waals surface area contributed by atoms with Crippen LogP contribution in [0.25, 0.3) is 10.9 Å². The number of aryl methyl sites for hydroxylation is 1. The van der Waals surface area contributed by atoms with E-state index in [-0.39, 0.29) is 0 Å². The van der Waals surface area contributed by atoms with Crippen LogP contribution in [0.1, 0.15) is 24.8 Å². The van der Waals surface area contributed by atoms with Crippen molar-refractivity contribution in [2.75, 3.05) is 18.8 Å². The van der Waals surface area contributed by atoms with Crippen molar-refractivity contribution in [1.82, 2.24) is 9.47 Å². The van der Waals surface area contributed by atoms with Crippen LogP contribution in [0.2, 0.25) is 0 Å². The van der Waals surface area contributed by atoms with Gasteiger partial charge >= 0.3 is 0 Å². The van der Waals surface area contributed by atoms with Crippen LogP contribution in [-0.4, -0.2) is 22.6 Å². The zero-order valence-corrected chi connectivity index (χ0v) is 11.0. The summed E-state index contributed by atoms with van der Waals surface area (Å²) in [5, 5.41) is 1.34. The largest absolute Gasteiger partial charge is 0.399 e. The summed E-state index contributed by atoms with van der Waals surface area (Å²) in [7, 11) is 2.10. The molecule has 0 atom stereocenters. The molecule has 0 radical (unpaired) electrons. The minimum Gasteiger partial charge on any atom is -0.399 e. The molecule has 2 aromatic rings. The number of hydrogen-bond acceptors (Lipinski definition) is 2. The Bertz CT molecular complexity index is 550. The first kappa shape index (κ1) is 11.6. The summed E-state index contributed by atoms with van der Waals surface area (Å²) in [6.07, 6.45) is 6.33. The Balaban J connectivity index is 1.91. The lowest BCUT2D eigenvalue weighted by molar-refractivity contribution is 0.221. The van der Waals surface area contributed by atoms with E-state index in [1.165, 1.54) is 48.8 Å². The highest BCUT2D eigenvalue weighted by molar-refractivity contribution is 5.86. The number of likely N-dealkylation sites (tertiary alicyclic amines) is 1. The maximum Gasteiger partial charge on any atom is 0.0501 e. The van der Waals surface area contributed by atoms with Gasteiger partial charge in [0, 0.05) is 30.9 Å². The van der Waals surface area contributed by atoms with E-state index in [1.54, 1.807) is 0 Å². The van der Waals surface area contributed by atoms with Crippen molar-refractivity contribution in [2.45, 2.75) is 25.8 Å². The number of aromatic nitrogens is 1. The molecule has 1 fully saturated rings. The van der Waals surface area contributed by atoms with Crippen molar-refractivity contribution in [1.29, 1.82) is 0 Å². The van der Waals surface area contributed by atoms with Gasteiger partial charge in [0.15, 0.2) is 0 Å². The summed E-state index contributed by atoms with van der Waals surface area (Å²) in [5.41, 5.74) is 9.37. The molecule has 18 heavy (non-hydrogen) atoms. The maximum absolute atomic E-state index is 5.86. The lowest BCUT2D eigenvalue weighted by Gasteiger charge is -2.26. The number of nitrogen functional groups attached to an aromatic ring is 1. The van der Waals surface area contributed by atoms with Crippen LogP contribution in [0.3, 0.4) is 0 Å². The molecule has 96 valence electrons. The van der Waals surface area contributed by atoms with Gasteiger partial charge in [-0.2, -0.15) is 0 Å². The summed E-state index contributed by atoms with van der Waals surface area (Å²) < 4.78 is 2.19. The van der Waals surface area contributed by atoms with Gasteiger partial charge in [-0.3, -0.25) is 4.90 Å². The molecule has 0 bridgehead atoms. The smallest absolute Gasteiger partial charge is 0.0501 e. The molecular formula is C15H21N3. The van der Waals surface area contributed by atoms with Crippen molar-refractivity contribution in [3.63, 3.8) is 0 Å². The predicted octanol–water partition coefficient (Wildman–Crippen LogP) is 2.75. The van der Waals surface area contributed by atoms with E-state index in [4.69, 9.17) is 5.73 Å². The average molecular weight is 243 g/mol. The van der Waals surface area contributed by atoms with Crippen LogP contribution in [0.4, 0.5) is 5.69 Å². The Labute approximate surface area is 108 Å². The van der Waals surface area contributed by atoms with E-state index in [1.807, 2.05) is 6.07 Å². The highest BCUT2D eigenvalue weighted by atomic mass is 15.1.